The molecule has 0 saturated carbocycles. The van der Waals surface area contributed by atoms with Gasteiger partial charge in [-0.05, 0) is 18.9 Å². The van der Waals surface area contributed by atoms with Gasteiger partial charge in [0, 0.05) is 30.9 Å². The van der Waals surface area contributed by atoms with E-state index in [1.165, 1.54) is 6.07 Å². The van der Waals surface area contributed by atoms with Crippen LogP contribution in [0.1, 0.15) is 12.8 Å². The highest BCUT2D eigenvalue weighted by Gasteiger charge is 2.16. The van der Waals surface area contributed by atoms with Gasteiger partial charge in [0.05, 0.1) is 10.6 Å². The Labute approximate surface area is 93.2 Å². The van der Waals surface area contributed by atoms with E-state index in [9.17, 15) is 10.1 Å². The molecule has 16 heavy (non-hydrogen) atoms. The maximum absolute atomic E-state index is 10.8. The second-order valence-corrected chi connectivity index (χ2v) is 3.83. The summed E-state index contributed by atoms with van der Waals surface area (Å²) in [7, 11) is 0. The molecule has 0 spiro atoms. The highest BCUT2D eigenvalue weighted by Crippen LogP contribution is 2.28. The minimum absolute atomic E-state index is 0.0670. The van der Waals surface area contributed by atoms with Crippen LogP contribution in [0.3, 0.4) is 0 Å². The normalized spacial score (nSPS) is 15.2. The van der Waals surface area contributed by atoms with Crippen molar-refractivity contribution < 1.29 is 4.92 Å². The fraction of sp³-hybridized carbons (Fsp3) is 0.400. The number of nitro groups is 1. The number of nitrogens with one attached hydrogen (secondary N) is 1. The number of hydrazine groups is 1. The molecule has 0 aromatic heterocycles. The molecule has 0 radical (unpaired) electrons. The Morgan fingerprint density at radius 1 is 1.31 bits per heavy atom. The number of hydrogen-bond acceptors (Lipinski definition) is 5. The molecule has 0 unspecified atom stereocenters. The van der Waals surface area contributed by atoms with Gasteiger partial charge in [-0.1, -0.05) is 0 Å². The van der Waals surface area contributed by atoms with Gasteiger partial charge in [-0.3, -0.25) is 16.0 Å². The summed E-state index contributed by atoms with van der Waals surface area (Å²) in [5.41, 5.74) is 3.95. The standard InChI is InChI=1S/C10H14N4O2/c11-12-8-5-9(13-3-1-2-4-13)7-10(6-8)14(15)16/h5-7,12H,1-4,11H2. The number of nitro benzene ring substituents is 1. The minimum atomic E-state index is -0.402. The van der Waals surface area contributed by atoms with Crippen molar-refractivity contribution in [2.75, 3.05) is 23.4 Å². The zero-order valence-electron chi connectivity index (χ0n) is 8.85. The van der Waals surface area contributed by atoms with E-state index in [1.54, 1.807) is 6.07 Å². The van der Waals surface area contributed by atoms with Crippen LogP contribution in [0.15, 0.2) is 18.2 Å². The number of non-ortho nitro benzene ring substituents is 1. The highest BCUT2D eigenvalue weighted by molar-refractivity contribution is 5.64. The highest BCUT2D eigenvalue weighted by atomic mass is 16.6. The smallest absolute Gasteiger partial charge is 0.273 e. The number of hydrogen-bond donors (Lipinski definition) is 2. The minimum Gasteiger partial charge on any atom is -0.371 e. The first-order valence-electron chi connectivity index (χ1n) is 5.22. The Balaban J connectivity index is 2.35. The molecular weight excluding hydrogens is 208 g/mol. The Hall–Kier alpha value is -1.82. The molecule has 6 heteroatoms. The van der Waals surface area contributed by atoms with Crippen LogP contribution in [0.25, 0.3) is 0 Å². The van der Waals surface area contributed by atoms with Gasteiger partial charge in [0.2, 0.25) is 0 Å². The summed E-state index contributed by atoms with van der Waals surface area (Å²) in [6, 6.07) is 4.85. The summed E-state index contributed by atoms with van der Waals surface area (Å²) in [5.74, 6) is 5.30. The molecule has 0 atom stereocenters. The molecule has 1 fully saturated rings. The van der Waals surface area contributed by atoms with Crippen molar-refractivity contribution in [1.29, 1.82) is 0 Å². The Kier molecular flexibility index (Phi) is 2.91. The zero-order valence-corrected chi connectivity index (χ0v) is 8.85. The number of nitrogens with two attached hydrogens (primary N) is 1. The topological polar surface area (TPSA) is 84.4 Å². The zero-order chi connectivity index (χ0) is 11.5. The van der Waals surface area contributed by atoms with E-state index in [2.05, 4.69) is 10.3 Å². The van der Waals surface area contributed by atoms with Gasteiger partial charge in [0.1, 0.15) is 0 Å². The lowest BCUT2D eigenvalue weighted by Crippen LogP contribution is -2.18. The van der Waals surface area contributed by atoms with Crippen molar-refractivity contribution in [3.8, 4) is 0 Å². The van der Waals surface area contributed by atoms with Crippen LogP contribution in [0.5, 0.6) is 0 Å². The van der Waals surface area contributed by atoms with Gasteiger partial charge in [0.15, 0.2) is 0 Å². The van der Waals surface area contributed by atoms with E-state index in [0.29, 0.717) is 5.69 Å². The molecule has 1 aromatic rings. The van der Waals surface area contributed by atoms with E-state index in [0.717, 1.165) is 31.6 Å². The van der Waals surface area contributed by atoms with Crippen molar-refractivity contribution in [3.63, 3.8) is 0 Å². The molecule has 1 aliphatic heterocycles. The number of rotatable bonds is 3. The Morgan fingerprint density at radius 3 is 2.56 bits per heavy atom. The van der Waals surface area contributed by atoms with Crippen molar-refractivity contribution in [2.24, 2.45) is 5.84 Å². The fourth-order valence-electron chi connectivity index (χ4n) is 1.94. The first-order valence-corrected chi connectivity index (χ1v) is 5.22. The lowest BCUT2D eigenvalue weighted by molar-refractivity contribution is -0.384. The molecule has 86 valence electrons. The molecule has 6 nitrogen and oxygen atoms in total. The summed E-state index contributed by atoms with van der Waals surface area (Å²) < 4.78 is 0. The molecule has 0 aliphatic carbocycles. The van der Waals surface area contributed by atoms with E-state index in [1.807, 2.05) is 6.07 Å². The maximum Gasteiger partial charge on any atom is 0.273 e. The lowest BCUT2D eigenvalue weighted by Gasteiger charge is -2.18. The second-order valence-electron chi connectivity index (χ2n) is 3.83. The molecule has 0 bridgehead atoms. The van der Waals surface area contributed by atoms with Gasteiger partial charge in [-0.15, -0.1) is 0 Å². The number of nitrogen functional groups attached to an aromatic ring is 1. The van der Waals surface area contributed by atoms with Crippen molar-refractivity contribution in [1.82, 2.24) is 0 Å². The summed E-state index contributed by atoms with van der Waals surface area (Å²) in [6.45, 7) is 1.90. The quantitative estimate of drug-likeness (QED) is 0.459. The van der Waals surface area contributed by atoms with Gasteiger partial charge < -0.3 is 10.3 Å². The second kappa shape index (κ2) is 4.36. The Morgan fingerprint density at radius 2 is 2.00 bits per heavy atom. The van der Waals surface area contributed by atoms with Gasteiger partial charge in [0.25, 0.3) is 5.69 Å². The summed E-state index contributed by atoms with van der Waals surface area (Å²) >= 11 is 0. The average Bonchev–Trinajstić information content (AvgIpc) is 2.81. The third kappa shape index (κ3) is 2.06. The van der Waals surface area contributed by atoms with Crippen molar-refractivity contribution >= 4 is 17.1 Å². The maximum atomic E-state index is 10.8. The summed E-state index contributed by atoms with van der Waals surface area (Å²) in [4.78, 5) is 12.5. The van der Waals surface area contributed by atoms with Crippen LogP contribution in [0, 0.1) is 10.1 Å². The SMILES string of the molecule is NNc1cc(N2CCCC2)cc([N+](=O)[O-])c1. The lowest BCUT2D eigenvalue weighted by atomic mass is 10.2. The van der Waals surface area contributed by atoms with Crippen LogP contribution in [0.2, 0.25) is 0 Å². The first kappa shape index (κ1) is 10.7. The largest absolute Gasteiger partial charge is 0.371 e. The molecular formula is C10H14N4O2. The molecule has 3 N–H and O–H groups in total. The summed E-state index contributed by atoms with van der Waals surface area (Å²) in [6.07, 6.45) is 2.27. The van der Waals surface area contributed by atoms with Crippen LogP contribution in [-0.2, 0) is 0 Å². The summed E-state index contributed by atoms with van der Waals surface area (Å²) in [5, 5.41) is 10.8. The van der Waals surface area contributed by atoms with Crippen LogP contribution in [-0.4, -0.2) is 18.0 Å². The van der Waals surface area contributed by atoms with Gasteiger partial charge in [-0.2, -0.15) is 0 Å². The third-order valence-electron chi connectivity index (χ3n) is 2.75. The molecule has 1 heterocycles. The molecule has 1 aromatic carbocycles. The number of nitrogens with zero attached hydrogens (tertiary/aromatic N) is 2. The van der Waals surface area contributed by atoms with E-state index < -0.39 is 4.92 Å². The van der Waals surface area contributed by atoms with E-state index >= 15 is 0 Å². The monoisotopic (exact) mass is 222 g/mol. The first-order chi connectivity index (χ1) is 7.70. The predicted octanol–water partition coefficient (Wildman–Crippen LogP) is 1.48. The van der Waals surface area contributed by atoms with E-state index in [4.69, 9.17) is 5.84 Å². The van der Waals surface area contributed by atoms with Crippen LogP contribution in [0.4, 0.5) is 17.1 Å². The van der Waals surface area contributed by atoms with Crippen molar-refractivity contribution in [2.45, 2.75) is 12.8 Å². The molecule has 2 rings (SSSR count). The fourth-order valence-corrected chi connectivity index (χ4v) is 1.94. The van der Waals surface area contributed by atoms with Gasteiger partial charge in [-0.25, -0.2) is 0 Å². The molecule has 0 amide bonds. The van der Waals surface area contributed by atoms with Crippen molar-refractivity contribution in [3.05, 3.63) is 28.3 Å². The third-order valence-corrected chi connectivity index (χ3v) is 2.75. The number of anilines is 2. The van der Waals surface area contributed by atoms with Crippen LogP contribution >= 0.6 is 0 Å². The van der Waals surface area contributed by atoms with Crippen LogP contribution < -0.4 is 16.2 Å². The van der Waals surface area contributed by atoms with Gasteiger partial charge >= 0.3 is 0 Å². The predicted molar refractivity (Wildman–Crippen MR) is 62.4 cm³/mol. The Bertz CT molecular complexity index is 402. The molecule has 1 aliphatic rings. The van der Waals surface area contributed by atoms with E-state index in [-0.39, 0.29) is 5.69 Å². The number of benzene rings is 1. The average molecular weight is 222 g/mol. The molecule has 1 saturated heterocycles.